The Bertz CT molecular complexity index is 900. The Balaban J connectivity index is 2.16. The summed E-state index contributed by atoms with van der Waals surface area (Å²) in [5.41, 5.74) is -0.299. The Hall–Kier alpha value is -1.92. The van der Waals surface area contributed by atoms with Crippen LogP contribution in [-0.2, 0) is 29.0 Å². The van der Waals surface area contributed by atoms with Gasteiger partial charge in [0, 0.05) is 13.1 Å². The predicted octanol–water partition coefficient (Wildman–Crippen LogP) is 1.44. The Labute approximate surface area is 177 Å². The smallest absolute Gasteiger partial charge is 0.413 e. The molecule has 0 aromatic heterocycles. The molecule has 2 rings (SSSR count). The molecule has 0 radical (unpaired) electrons. The average Bonchev–Trinajstić information content (AvgIpc) is 2.66. The van der Waals surface area contributed by atoms with Crippen molar-refractivity contribution in [2.75, 3.05) is 39.5 Å². The van der Waals surface area contributed by atoms with Gasteiger partial charge in [-0.2, -0.15) is 4.31 Å². The molecular formula is C16H18Cl2N2O8S. The third kappa shape index (κ3) is 6.03. The minimum Gasteiger partial charge on any atom is -0.452 e. The van der Waals surface area contributed by atoms with Crippen LogP contribution in [0.5, 0.6) is 0 Å². The number of hydrogen-bond acceptors (Lipinski definition) is 8. The van der Waals surface area contributed by atoms with Crippen LogP contribution >= 0.6 is 23.2 Å². The van der Waals surface area contributed by atoms with E-state index in [1.807, 2.05) is 5.32 Å². The number of halogens is 2. The lowest BCUT2D eigenvalue weighted by atomic mass is 10.2. The Kier molecular flexibility index (Phi) is 8.23. The molecule has 0 saturated carbocycles. The van der Waals surface area contributed by atoms with Gasteiger partial charge in [-0.3, -0.25) is 10.1 Å². The number of hydrogen-bond donors (Lipinski definition) is 1. The monoisotopic (exact) mass is 468 g/mol. The molecule has 1 aliphatic rings. The van der Waals surface area contributed by atoms with Gasteiger partial charge in [0.05, 0.1) is 35.4 Å². The number of alkyl carbamates (subject to hydrolysis) is 1. The molecule has 1 saturated heterocycles. The lowest BCUT2D eigenvalue weighted by Gasteiger charge is -2.26. The molecule has 0 aliphatic carbocycles. The topological polar surface area (TPSA) is 128 Å². The second kappa shape index (κ2) is 10.2. The Morgan fingerprint density at radius 3 is 2.41 bits per heavy atom. The molecule has 10 nitrogen and oxygen atoms in total. The first-order chi connectivity index (χ1) is 13.7. The zero-order valence-corrected chi connectivity index (χ0v) is 17.6. The molecule has 0 bridgehead atoms. The third-order valence-electron chi connectivity index (χ3n) is 3.68. The summed E-state index contributed by atoms with van der Waals surface area (Å²) in [6.45, 7) is 1.53. The van der Waals surface area contributed by atoms with Gasteiger partial charge < -0.3 is 14.2 Å². The number of carbonyl (C=O) groups excluding carboxylic acids is 3. The summed E-state index contributed by atoms with van der Waals surface area (Å²) in [5.74, 6) is -1.99. The number of carbonyl (C=O) groups is 3. The van der Waals surface area contributed by atoms with Crippen molar-refractivity contribution in [1.82, 2.24) is 9.62 Å². The van der Waals surface area contributed by atoms with Crippen molar-refractivity contribution in [1.29, 1.82) is 0 Å². The number of amides is 2. The summed E-state index contributed by atoms with van der Waals surface area (Å²) in [6, 6.07) is 2.09. The molecule has 160 valence electrons. The van der Waals surface area contributed by atoms with E-state index in [0.29, 0.717) is 0 Å². The van der Waals surface area contributed by atoms with Crippen molar-refractivity contribution in [3.63, 3.8) is 0 Å². The van der Waals surface area contributed by atoms with Gasteiger partial charge in [0.25, 0.3) is 5.91 Å². The van der Waals surface area contributed by atoms with Crippen LogP contribution in [0.3, 0.4) is 0 Å². The molecule has 1 heterocycles. The molecule has 1 aliphatic heterocycles. The number of morpholine rings is 1. The average molecular weight is 469 g/mol. The highest BCUT2D eigenvalue weighted by Crippen LogP contribution is 2.31. The number of imide groups is 1. The van der Waals surface area contributed by atoms with Crippen LogP contribution in [0.25, 0.3) is 0 Å². The maximum Gasteiger partial charge on any atom is 0.413 e. The van der Waals surface area contributed by atoms with Gasteiger partial charge in [-0.25, -0.2) is 18.0 Å². The molecule has 2 amide bonds. The highest BCUT2D eigenvalue weighted by atomic mass is 35.5. The maximum atomic E-state index is 12.8. The first-order valence-electron chi connectivity index (χ1n) is 8.37. The van der Waals surface area contributed by atoms with E-state index in [2.05, 4.69) is 4.74 Å². The predicted molar refractivity (Wildman–Crippen MR) is 101 cm³/mol. The number of nitrogens with one attached hydrogen (secondary N) is 1. The Morgan fingerprint density at radius 2 is 1.79 bits per heavy atom. The molecule has 1 aromatic rings. The summed E-state index contributed by atoms with van der Waals surface area (Å²) in [6.07, 6.45) is -0.989. The van der Waals surface area contributed by atoms with Gasteiger partial charge in [-0.15, -0.1) is 0 Å². The van der Waals surface area contributed by atoms with E-state index in [1.54, 1.807) is 6.92 Å². The van der Waals surface area contributed by atoms with Crippen LogP contribution in [0.1, 0.15) is 17.3 Å². The standard InChI is InChI=1S/C16H18Cl2N2O8S/c1-2-27-16(23)19-14(21)9-28-15(22)10-7-13(12(18)8-11(10)17)29(24,25)20-3-5-26-6-4-20/h7-8H,2-6,9H2,1H3,(H,19,21,23). The molecule has 13 heteroatoms. The molecule has 1 aromatic carbocycles. The van der Waals surface area contributed by atoms with Crippen molar-refractivity contribution in [3.05, 3.63) is 27.7 Å². The highest BCUT2D eigenvalue weighted by Gasteiger charge is 2.30. The normalized spacial score (nSPS) is 14.9. The van der Waals surface area contributed by atoms with Crippen molar-refractivity contribution in [2.24, 2.45) is 0 Å². The molecule has 1 N–H and O–H groups in total. The summed E-state index contributed by atoms with van der Waals surface area (Å²) >= 11 is 12.0. The molecule has 0 spiro atoms. The van der Waals surface area contributed by atoms with Gasteiger partial charge in [0.1, 0.15) is 4.90 Å². The van der Waals surface area contributed by atoms with Crippen molar-refractivity contribution in [2.45, 2.75) is 11.8 Å². The summed E-state index contributed by atoms with van der Waals surface area (Å²) in [7, 11) is -4.00. The van der Waals surface area contributed by atoms with Gasteiger partial charge in [-0.05, 0) is 19.1 Å². The summed E-state index contributed by atoms with van der Waals surface area (Å²) in [4.78, 5) is 34.7. The zero-order valence-electron chi connectivity index (χ0n) is 15.3. The maximum absolute atomic E-state index is 12.8. The van der Waals surface area contributed by atoms with E-state index in [9.17, 15) is 22.8 Å². The second-order valence-electron chi connectivity index (χ2n) is 5.62. The number of nitrogens with zero attached hydrogens (tertiary/aromatic N) is 1. The van der Waals surface area contributed by atoms with Crippen molar-refractivity contribution >= 4 is 51.2 Å². The van der Waals surface area contributed by atoms with Gasteiger partial charge in [-0.1, -0.05) is 23.2 Å². The lowest BCUT2D eigenvalue weighted by Crippen LogP contribution is -2.40. The largest absolute Gasteiger partial charge is 0.452 e. The molecule has 0 unspecified atom stereocenters. The van der Waals surface area contributed by atoms with Gasteiger partial charge in [0.15, 0.2) is 6.61 Å². The molecular weight excluding hydrogens is 451 g/mol. The number of sulfonamides is 1. The van der Waals surface area contributed by atoms with E-state index in [-0.39, 0.29) is 53.4 Å². The molecule has 0 atom stereocenters. The number of rotatable bonds is 6. The minimum atomic E-state index is -4.00. The number of esters is 1. The fourth-order valence-electron chi connectivity index (χ4n) is 2.34. The lowest BCUT2D eigenvalue weighted by molar-refractivity contribution is -0.123. The first-order valence-corrected chi connectivity index (χ1v) is 10.6. The van der Waals surface area contributed by atoms with Crippen LogP contribution in [0.2, 0.25) is 10.0 Å². The fraction of sp³-hybridized carbons (Fsp3) is 0.438. The fourth-order valence-corrected chi connectivity index (χ4v) is 4.57. The van der Waals surface area contributed by atoms with E-state index in [1.165, 1.54) is 4.31 Å². The summed E-state index contributed by atoms with van der Waals surface area (Å²) in [5, 5.41) is 1.52. The Morgan fingerprint density at radius 1 is 1.14 bits per heavy atom. The minimum absolute atomic E-state index is 0.0552. The second-order valence-corrected chi connectivity index (χ2v) is 8.34. The van der Waals surface area contributed by atoms with Crippen LogP contribution in [-0.4, -0.2) is 70.2 Å². The van der Waals surface area contributed by atoms with E-state index >= 15 is 0 Å². The molecule has 29 heavy (non-hydrogen) atoms. The van der Waals surface area contributed by atoms with Crippen LogP contribution < -0.4 is 5.32 Å². The zero-order chi connectivity index (χ0) is 21.6. The third-order valence-corrected chi connectivity index (χ3v) is 6.36. The van der Waals surface area contributed by atoms with Crippen LogP contribution in [0, 0.1) is 0 Å². The van der Waals surface area contributed by atoms with Gasteiger partial charge in [0.2, 0.25) is 10.0 Å². The first kappa shape index (κ1) is 23.4. The van der Waals surface area contributed by atoms with E-state index < -0.39 is 34.6 Å². The van der Waals surface area contributed by atoms with Gasteiger partial charge >= 0.3 is 12.1 Å². The molecule has 1 fully saturated rings. The number of benzene rings is 1. The SMILES string of the molecule is CCOC(=O)NC(=O)COC(=O)c1cc(S(=O)(=O)N2CCOCC2)c(Cl)cc1Cl. The van der Waals surface area contributed by atoms with E-state index in [0.717, 1.165) is 12.1 Å². The summed E-state index contributed by atoms with van der Waals surface area (Å²) < 4.78 is 41.3. The van der Waals surface area contributed by atoms with Crippen molar-refractivity contribution in [3.8, 4) is 0 Å². The van der Waals surface area contributed by atoms with Crippen LogP contribution in [0.15, 0.2) is 17.0 Å². The van der Waals surface area contributed by atoms with E-state index in [4.69, 9.17) is 32.7 Å². The quantitative estimate of drug-likeness (QED) is 0.620. The highest BCUT2D eigenvalue weighted by molar-refractivity contribution is 7.89. The van der Waals surface area contributed by atoms with Crippen LogP contribution in [0.4, 0.5) is 4.79 Å². The van der Waals surface area contributed by atoms with Crippen molar-refractivity contribution < 1.29 is 37.0 Å². The number of ether oxygens (including phenoxy) is 3.